The summed E-state index contributed by atoms with van der Waals surface area (Å²) in [6, 6.07) is 0. The Morgan fingerprint density at radius 2 is 1.41 bits per heavy atom. The van der Waals surface area contributed by atoms with Crippen molar-refractivity contribution in [1.82, 2.24) is 0 Å². The fourth-order valence-electron chi connectivity index (χ4n) is 1.15. The number of Topliss-reactive ketones (excluding diaryl/α,β-unsaturated/α-hetero) is 1. The van der Waals surface area contributed by atoms with Gasteiger partial charge in [-0.25, -0.2) is 0 Å². The molecule has 0 heterocycles. The van der Waals surface area contributed by atoms with Gasteiger partial charge in [0.1, 0.15) is 5.78 Å². The van der Waals surface area contributed by atoms with Gasteiger partial charge in [0.25, 0.3) is 0 Å². The summed E-state index contributed by atoms with van der Waals surface area (Å²) in [5.74, 6) is 0.400. The number of hydrogen-bond donors (Lipinski definition) is 0. The van der Waals surface area contributed by atoms with Gasteiger partial charge in [0.05, 0.1) is 0 Å². The van der Waals surface area contributed by atoms with Crippen LogP contribution in [0, 0.1) is 5.41 Å². The number of carbonyl (C=O) groups is 2. The van der Waals surface area contributed by atoms with Crippen molar-refractivity contribution < 1.29 is 22.4 Å². The summed E-state index contributed by atoms with van der Waals surface area (Å²) in [4.78, 5) is 20.6. The second kappa shape index (κ2) is 12.8. The maximum atomic E-state index is 10.5. The van der Waals surface area contributed by atoms with Crippen molar-refractivity contribution in [2.75, 3.05) is 0 Å². The van der Waals surface area contributed by atoms with Crippen LogP contribution in [0.3, 0.4) is 0 Å². The number of halogens is 1. The number of allylic oxidation sites excluding steroid dienone is 2. The van der Waals surface area contributed by atoms with Gasteiger partial charge in [-0.3, -0.25) is 4.79 Å². The zero-order valence-electron chi connectivity index (χ0n) is 11.8. The summed E-state index contributed by atoms with van der Waals surface area (Å²) >= 11 is 5.87. The van der Waals surface area contributed by atoms with Gasteiger partial charge < -0.3 is 4.79 Å². The number of rotatable bonds is 2. The van der Waals surface area contributed by atoms with Crippen LogP contribution in [0.25, 0.3) is 0 Å². The van der Waals surface area contributed by atoms with Crippen molar-refractivity contribution in [2.45, 2.75) is 54.9 Å². The molecule has 0 N–H and O–H groups in total. The van der Waals surface area contributed by atoms with Gasteiger partial charge >= 0.3 is 33.1 Å². The molecule has 106 valence electrons. The Bertz CT molecular complexity index is 249. The standard InChI is InChI=1S/C7H14O.C6H10O.Cu.HI/c1-6(8)5-7(2,3)4;1-5(2)4-6(3)7;;/h5H2,1-4H3;4H,1-3H3;;1H/q;;+1;/p-1. The molecular weight excluding hydrogens is 379 g/mol. The van der Waals surface area contributed by atoms with Gasteiger partial charge in [0.15, 0.2) is 5.78 Å². The summed E-state index contributed by atoms with van der Waals surface area (Å²) in [6.07, 6.45) is 2.30. The van der Waals surface area contributed by atoms with Gasteiger partial charge in [-0.2, -0.15) is 0 Å². The minimum atomic E-state index is 0.125. The van der Waals surface area contributed by atoms with Crippen LogP contribution in [0.4, 0.5) is 0 Å². The number of ketones is 2. The van der Waals surface area contributed by atoms with E-state index in [1.807, 2.05) is 13.8 Å². The van der Waals surface area contributed by atoms with E-state index >= 15 is 0 Å². The molecule has 17 heavy (non-hydrogen) atoms. The summed E-state index contributed by atoms with van der Waals surface area (Å²) in [5, 5.41) is 0. The summed E-state index contributed by atoms with van der Waals surface area (Å²) in [6.45, 7) is 13.2. The first-order valence-electron chi connectivity index (χ1n) is 5.31. The van der Waals surface area contributed by atoms with Crippen molar-refractivity contribution in [3.05, 3.63) is 11.6 Å². The number of hydrogen-bond acceptors (Lipinski definition) is 2. The average Bonchev–Trinajstić information content (AvgIpc) is 2.00. The van der Waals surface area contributed by atoms with Crippen LogP contribution >= 0.6 is 20.3 Å². The second-order valence-electron chi connectivity index (χ2n) is 5.27. The maximum absolute atomic E-state index is 10.5. The van der Waals surface area contributed by atoms with Crippen molar-refractivity contribution in [2.24, 2.45) is 5.41 Å². The first kappa shape index (κ1) is 22.5. The summed E-state index contributed by atoms with van der Waals surface area (Å²) in [5.41, 5.74) is 1.23. The molecule has 0 rings (SSSR count). The van der Waals surface area contributed by atoms with E-state index in [1.165, 1.54) is 0 Å². The molecule has 0 bridgehead atoms. The third kappa shape index (κ3) is 38.5. The van der Waals surface area contributed by atoms with E-state index in [4.69, 9.17) is 0 Å². The quantitative estimate of drug-likeness (QED) is 0.389. The Balaban J connectivity index is -0.000000202. The molecule has 0 spiro atoms. The molecule has 0 aliphatic rings. The van der Waals surface area contributed by atoms with Crippen LogP contribution in [-0.2, 0) is 22.4 Å². The van der Waals surface area contributed by atoms with E-state index in [-0.39, 0.29) is 17.0 Å². The second-order valence-corrected chi connectivity index (χ2v) is 5.27. The molecule has 0 unspecified atom stereocenters. The Morgan fingerprint density at radius 1 is 1.06 bits per heavy atom. The average molecular weight is 403 g/mol. The molecule has 4 heteroatoms. The third-order valence-corrected chi connectivity index (χ3v) is 1.27. The van der Waals surface area contributed by atoms with Crippen LogP contribution in [-0.4, -0.2) is 11.6 Å². The zero-order valence-corrected chi connectivity index (χ0v) is 14.9. The molecule has 0 aromatic heterocycles. The summed E-state index contributed by atoms with van der Waals surface area (Å²) < 4.78 is 0. The summed E-state index contributed by atoms with van der Waals surface area (Å²) in [7, 11) is 0. The SMILES string of the molecule is CC(=O)C=C(C)C.CC(=O)CC(C)(C)C.[Cu][I]. The molecule has 0 aliphatic heterocycles. The van der Waals surface area contributed by atoms with Crippen LogP contribution in [0.15, 0.2) is 11.6 Å². The molecule has 0 saturated heterocycles. The number of carbonyl (C=O) groups excluding carboxylic acids is 2. The Labute approximate surface area is 126 Å². The van der Waals surface area contributed by atoms with Gasteiger partial charge in [0.2, 0.25) is 0 Å². The van der Waals surface area contributed by atoms with Crippen molar-refractivity contribution >= 4 is 31.9 Å². The molecule has 0 aromatic rings. The first-order valence-corrected chi connectivity index (χ1v) is 8.34. The van der Waals surface area contributed by atoms with E-state index < -0.39 is 0 Å². The van der Waals surface area contributed by atoms with Gasteiger partial charge in [-0.15, -0.1) is 0 Å². The molecule has 0 atom stereocenters. The monoisotopic (exact) mass is 402 g/mol. The van der Waals surface area contributed by atoms with Gasteiger partial charge in [-0.1, -0.05) is 26.3 Å². The van der Waals surface area contributed by atoms with Crippen LogP contribution in [0.1, 0.15) is 54.9 Å². The molecule has 0 aromatic carbocycles. The Kier molecular flexibility index (Phi) is 16.9. The first-order chi connectivity index (χ1) is 7.54. The predicted octanol–water partition coefficient (Wildman–Crippen LogP) is 4.44. The van der Waals surface area contributed by atoms with E-state index in [0.29, 0.717) is 6.42 Å². The predicted molar refractivity (Wildman–Crippen MR) is 78.9 cm³/mol. The fourth-order valence-corrected chi connectivity index (χ4v) is 1.15. The normalized spacial score (nSPS) is 9.06. The Morgan fingerprint density at radius 3 is 1.41 bits per heavy atom. The van der Waals surface area contributed by atoms with Crippen molar-refractivity contribution in [3.63, 3.8) is 0 Å². The zero-order chi connectivity index (χ0) is 14.6. The third-order valence-electron chi connectivity index (χ3n) is 1.27. The van der Waals surface area contributed by atoms with Crippen molar-refractivity contribution in [1.29, 1.82) is 0 Å². The van der Waals surface area contributed by atoms with Crippen LogP contribution in [0.5, 0.6) is 0 Å². The van der Waals surface area contributed by atoms with E-state index in [2.05, 4.69) is 33.5 Å². The van der Waals surface area contributed by atoms with Crippen LogP contribution < -0.4 is 0 Å². The fraction of sp³-hybridized carbons (Fsp3) is 0.692. The van der Waals surface area contributed by atoms with E-state index in [0.717, 1.165) is 5.57 Å². The van der Waals surface area contributed by atoms with Gasteiger partial charge in [0, 0.05) is 6.42 Å². The molecule has 0 fully saturated rings. The van der Waals surface area contributed by atoms with Gasteiger partial charge in [-0.05, 0) is 39.2 Å². The molecular formula is C13H24CuIO2. The van der Waals surface area contributed by atoms with Crippen molar-refractivity contribution in [3.8, 4) is 0 Å². The van der Waals surface area contributed by atoms with E-state index in [9.17, 15) is 9.59 Å². The molecule has 0 aliphatic carbocycles. The molecule has 0 radical (unpaired) electrons. The Hall–Kier alpha value is 0.329. The topological polar surface area (TPSA) is 34.1 Å². The van der Waals surface area contributed by atoms with Crippen LogP contribution in [0.2, 0.25) is 0 Å². The molecule has 0 saturated carbocycles. The molecule has 2 nitrogen and oxygen atoms in total. The minimum absolute atomic E-state index is 0.125. The molecule has 0 amide bonds. The van der Waals surface area contributed by atoms with E-state index in [1.54, 1.807) is 40.3 Å².